The van der Waals surface area contributed by atoms with Crippen LogP contribution in [0.3, 0.4) is 0 Å². The highest BCUT2D eigenvalue weighted by atomic mass is 16.6. The van der Waals surface area contributed by atoms with Crippen molar-refractivity contribution < 1.29 is 28.6 Å². The van der Waals surface area contributed by atoms with Gasteiger partial charge in [0, 0.05) is 19.3 Å². The molecule has 1 atom stereocenters. The Morgan fingerprint density at radius 2 is 0.494 bits per heavy atom. The summed E-state index contributed by atoms with van der Waals surface area (Å²) in [6.45, 7) is 6.40. The van der Waals surface area contributed by atoms with Gasteiger partial charge in [-0.05, 0) is 128 Å². The fraction of sp³-hybridized carbons (Fsp3) is 0.685. The number of carbonyl (C=O) groups excluding carboxylic acids is 3. The van der Waals surface area contributed by atoms with Gasteiger partial charge in [0.1, 0.15) is 13.2 Å². The van der Waals surface area contributed by atoms with Gasteiger partial charge in [0.25, 0.3) is 0 Å². The molecule has 0 aromatic rings. The third-order valence-corrected chi connectivity index (χ3v) is 13.9. The van der Waals surface area contributed by atoms with Crippen LogP contribution in [0.4, 0.5) is 0 Å². The van der Waals surface area contributed by atoms with Gasteiger partial charge in [-0.25, -0.2) is 0 Å². The maximum Gasteiger partial charge on any atom is 0.306 e. The minimum Gasteiger partial charge on any atom is -0.462 e. The van der Waals surface area contributed by atoms with Crippen molar-refractivity contribution >= 4 is 17.9 Å². The van der Waals surface area contributed by atoms with Crippen molar-refractivity contribution in [3.05, 3.63) is 122 Å². The molecule has 0 aromatic carbocycles. The molecule has 0 radical (unpaired) electrons. The van der Waals surface area contributed by atoms with E-state index in [2.05, 4.69) is 142 Å². The van der Waals surface area contributed by atoms with Gasteiger partial charge in [0.2, 0.25) is 0 Å². The Morgan fingerprint density at radius 1 is 0.266 bits per heavy atom. The van der Waals surface area contributed by atoms with Gasteiger partial charge in [0.05, 0.1) is 0 Å². The van der Waals surface area contributed by atoms with Crippen molar-refractivity contribution in [3.8, 4) is 0 Å². The largest absolute Gasteiger partial charge is 0.462 e. The standard InChI is InChI=1S/C73H122O6/c1-4-7-10-13-16-19-22-25-27-29-31-32-33-34-35-36-37-38-39-40-42-43-45-48-51-54-57-60-63-66-72(75)78-69-70(68-77-71(74)65-62-59-56-53-50-47-24-21-18-15-12-9-6-3)79-73(76)67-64-61-58-55-52-49-46-44-41-30-28-26-23-20-17-14-11-8-5-2/h7,9-10,12,16,18-19,21,25-28,31-32,34-35,37-38,47,50,70H,4-6,8,11,13-15,17,20,22-24,29-30,33,36,39-46,48-49,51-69H2,1-3H3/b10-7-,12-9-,19-16-,21-18-,27-25-,28-26-,32-31-,35-34-,38-37-,50-47-. The highest BCUT2D eigenvalue weighted by Crippen LogP contribution is 2.16. The first-order valence-corrected chi connectivity index (χ1v) is 33.0. The molecule has 0 saturated heterocycles. The van der Waals surface area contributed by atoms with E-state index in [1.54, 1.807) is 0 Å². The number of unbranched alkanes of at least 4 members (excludes halogenated alkanes) is 28. The van der Waals surface area contributed by atoms with Crippen molar-refractivity contribution in [1.29, 1.82) is 0 Å². The van der Waals surface area contributed by atoms with E-state index >= 15 is 0 Å². The lowest BCUT2D eigenvalue weighted by Gasteiger charge is -2.18. The molecular weight excluding hydrogens is 973 g/mol. The van der Waals surface area contributed by atoms with Crippen molar-refractivity contribution in [2.45, 2.75) is 309 Å². The third kappa shape index (κ3) is 64.5. The van der Waals surface area contributed by atoms with Crippen molar-refractivity contribution in [2.75, 3.05) is 13.2 Å². The van der Waals surface area contributed by atoms with Crippen molar-refractivity contribution in [1.82, 2.24) is 0 Å². The second-order valence-electron chi connectivity index (χ2n) is 21.6. The zero-order valence-electron chi connectivity index (χ0n) is 51.6. The van der Waals surface area contributed by atoms with Crippen LogP contribution in [0, 0.1) is 0 Å². The lowest BCUT2D eigenvalue weighted by Crippen LogP contribution is -2.30. The van der Waals surface area contributed by atoms with Gasteiger partial charge in [0.15, 0.2) is 6.10 Å². The summed E-state index contributed by atoms with van der Waals surface area (Å²) in [5, 5.41) is 0. The molecule has 6 heteroatoms. The summed E-state index contributed by atoms with van der Waals surface area (Å²) < 4.78 is 16.9. The molecule has 0 fully saturated rings. The zero-order chi connectivity index (χ0) is 57.1. The van der Waals surface area contributed by atoms with Crippen LogP contribution in [0.1, 0.15) is 303 Å². The number of hydrogen-bond acceptors (Lipinski definition) is 6. The van der Waals surface area contributed by atoms with Crippen LogP contribution in [0.15, 0.2) is 122 Å². The van der Waals surface area contributed by atoms with Crippen LogP contribution < -0.4 is 0 Å². The highest BCUT2D eigenvalue weighted by Gasteiger charge is 2.19. The Labute approximate surface area is 488 Å². The second kappa shape index (κ2) is 66.3. The molecule has 0 rings (SSSR count). The van der Waals surface area contributed by atoms with E-state index in [-0.39, 0.29) is 31.1 Å². The molecule has 1 unspecified atom stereocenters. The Balaban J connectivity index is 4.32. The van der Waals surface area contributed by atoms with E-state index in [4.69, 9.17) is 14.2 Å². The normalized spacial score (nSPS) is 12.9. The molecule has 0 amide bonds. The van der Waals surface area contributed by atoms with Crippen LogP contribution in [0.25, 0.3) is 0 Å². The van der Waals surface area contributed by atoms with Gasteiger partial charge >= 0.3 is 17.9 Å². The fourth-order valence-corrected chi connectivity index (χ4v) is 9.04. The first kappa shape index (κ1) is 74.8. The predicted octanol–water partition coefficient (Wildman–Crippen LogP) is 22.8. The fourth-order valence-electron chi connectivity index (χ4n) is 9.04. The number of allylic oxidation sites excluding steroid dienone is 20. The predicted molar refractivity (Wildman–Crippen MR) is 343 cm³/mol. The van der Waals surface area contributed by atoms with E-state index < -0.39 is 6.10 Å². The number of esters is 3. The molecule has 0 bridgehead atoms. The highest BCUT2D eigenvalue weighted by molar-refractivity contribution is 5.71. The van der Waals surface area contributed by atoms with Gasteiger partial charge in [-0.15, -0.1) is 0 Å². The van der Waals surface area contributed by atoms with Crippen LogP contribution in [0.5, 0.6) is 0 Å². The van der Waals surface area contributed by atoms with Crippen molar-refractivity contribution in [3.63, 3.8) is 0 Å². The summed E-state index contributed by atoms with van der Waals surface area (Å²) in [5.41, 5.74) is 0. The molecular formula is C73H122O6. The molecule has 0 saturated carbocycles. The van der Waals surface area contributed by atoms with Crippen molar-refractivity contribution in [2.24, 2.45) is 0 Å². The van der Waals surface area contributed by atoms with E-state index in [0.717, 1.165) is 122 Å². The summed E-state index contributed by atoms with van der Waals surface area (Å²) in [4.78, 5) is 38.3. The van der Waals surface area contributed by atoms with Crippen LogP contribution >= 0.6 is 0 Å². The number of carbonyl (C=O) groups is 3. The number of rotatable bonds is 59. The number of ether oxygens (including phenoxy) is 3. The molecule has 0 aliphatic heterocycles. The van der Waals surface area contributed by atoms with Gasteiger partial charge in [-0.3, -0.25) is 14.4 Å². The average molecular weight is 1100 g/mol. The summed E-state index contributed by atoms with van der Waals surface area (Å²) >= 11 is 0. The Morgan fingerprint density at radius 3 is 0.797 bits per heavy atom. The van der Waals surface area contributed by atoms with Crippen LogP contribution in [0.2, 0.25) is 0 Å². The quantitative estimate of drug-likeness (QED) is 0.0261. The molecule has 0 spiro atoms. The van der Waals surface area contributed by atoms with Gasteiger partial charge in [-0.1, -0.05) is 277 Å². The smallest absolute Gasteiger partial charge is 0.306 e. The monoisotopic (exact) mass is 1090 g/mol. The molecule has 450 valence electrons. The molecule has 79 heavy (non-hydrogen) atoms. The SMILES string of the molecule is CC/C=C\C/C=C\C/C=C\C/C=C\C/C=C\C/C=C\CCCCCCCCCCCCC(=O)OCC(COC(=O)CCCCC/C=C\C/C=C\C/C=C\CC)OC(=O)CCCCCCCCCCC/C=C\CCCCCCCC. The third-order valence-electron chi connectivity index (χ3n) is 13.9. The lowest BCUT2D eigenvalue weighted by molar-refractivity contribution is -0.167. The first-order chi connectivity index (χ1) is 39.0. The summed E-state index contributed by atoms with van der Waals surface area (Å²) in [6, 6.07) is 0. The molecule has 6 nitrogen and oxygen atoms in total. The Hall–Kier alpha value is -4.19. The molecule has 0 N–H and O–H groups in total. The topological polar surface area (TPSA) is 78.9 Å². The molecule has 0 aromatic heterocycles. The van der Waals surface area contributed by atoms with E-state index in [1.807, 2.05) is 0 Å². The molecule has 0 aliphatic rings. The minimum absolute atomic E-state index is 0.0916. The minimum atomic E-state index is -0.797. The first-order valence-electron chi connectivity index (χ1n) is 33.0. The Bertz CT molecular complexity index is 1640. The second-order valence-corrected chi connectivity index (χ2v) is 21.6. The van der Waals surface area contributed by atoms with E-state index in [9.17, 15) is 14.4 Å². The maximum absolute atomic E-state index is 12.9. The van der Waals surface area contributed by atoms with Gasteiger partial charge < -0.3 is 14.2 Å². The van der Waals surface area contributed by atoms with E-state index in [0.29, 0.717) is 19.3 Å². The summed E-state index contributed by atoms with van der Waals surface area (Å²) in [5.74, 6) is -0.921. The Kier molecular flexibility index (Phi) is 62.8. The molecule has 0 heterocycles. The van der Waals surface area contributed by atoms with Gasteiger partial charge in [-0.2, -0.15) is 0 Å². The van der Waals surface area contributed by atoms with E-state index in [1.165, 1.54) is 141 Å². The summed E-state index contributed by atoms with van der Waals surface area (Å²) in [7, 11) is 0. The van der Waals surface area contributed by atoms with Crippen LogP contribution in [-0.2, 0) is 28.6 Å². The molecule has 0 aliphatic carbocycles. The maximum atomic E-state index is 12.9. The number of hydrogen-bond donors (Lipinski definition) is 0. The lowest BCUT2D eigenvalue weighted by atomic mass is 10.0. The average Bonchev–Trinajstić information content (AvgIpc) is 3.45. The zero-order valence-corrected chi connectivity index (χ0v) is 51.6. The summed E-state index contributed by atoms with van der Waals surface area (Å²) in [6.07, 6.45) is 92.1. The van der Waals surface area contributed by atoms with Crippen LogP contribution in [-0.4, -0.2) is 37.2 Å².